The summed E-state index contributed by atoms with van der Waals surface area (Å²) in [6, 6.07) is 5.77. The van der Waals surface area contributed by atoms with Crippen LogP contribution in [0.3, 0.4) is 0 Å². The van der Waals surface area contributed by atoms with Crippen molar-refractivity contribution in [3.8, 4) is 6.07 Å². The summed E-state index contributed by atoms with van der Waals surface area (Å²) < 4.78 is 0. The van der Waals surface area contributed by atoms with Gasteiger partial charge in [-0.3, -0.25) is 0 Å². The van der Waals surface area contributed by atoms with Gasteiger partial charge in [-0.05, 0) is 6.07 Å². The van der Waals surface area contributed by atoms with Gasteiger partial charge in [0.15, 0.2) is 0 Å². The van der Waals surface area contributed by atoms with Crippen molar-refractivity contribution in [3.05, 3.63) is 30.9 Å². The van der Waals surface area contributed by atoms with E-state index in [9.17, 15) is 0 Å². The SMILES string of the molecule is CN(CC#N)c1cc(Nc2cc[nH]c2)ncn1. The largest absolute Gasteiger partial charge is 0.366 e. The summed E-state index contributed by atoms with van der Waals surface area (Å²) >= 11 is 0. The van der Waals surface area contributed by atoms with Crippen LogP contribution in [0.1, 0.15) is 0 Å². The van der Waals surface area contributed by atoms with E-state index in [1.165, 1.54) is 6.33 Å². The number of aromatic nitrogens is 3. The minimum Gasteiger partial charge on any atom is -0.366 e. The molecule has 0 amide bonds. The first-order valence-electron chi connectivity index (χ1n) is 5.09. The van der Waals surface area contributed by atoms with Crippen molar-refractivity contribution < 1.29 is 0 Å². The number of nitriles is 1. The number of rotatable bonds is 4. The Hall–Kier alpha value is -2.55. The fraction of sp³-hybridized carbons (Fsp3) is 0.182. The first-order valence-corrected chi connectivity index (χ1v) is 5.09. The van der Waals surface area contributed by atoms with E-state index in [0.717, 1.165) is 5.69 Å². The summed E-state index contributed by atoms with van der Waals surface area (Å²) in [4.78, 5) is 12.9. The summed E-state index contributed by atoms with van der Waals surface area (Å²) in [5.41, 5.74) is 0.928. The van der Waals surface area contributed by atoms with Crippen LogP contribution in [-0.2, 0) is 0 Å². The topological polar surface area (TPSA) is 80.6 Å². The zero-order valence-electron chi connectivity index (χ0n) is 9.38. The van der Waals surface area contributed by atoms with Gasteiger partial charge in [-0.25, -0.2) is 9.97 Å². The molecule has 0 saturated carbocycles. The Bertz CT molecular complexity index is 513. The van der Waals surface area contributed by atoms with Gasteiger partial charge in [-0.15, -0.1) is 0 Å². The van der Waals surface area contributed by atoms with Crippen LogP contribution in [0.4, 0.5) is 17.3 Å². The minimum absolute atomic E-state index is 0.292. The zero-order chi connectivity index (χ0) is 12.1. The maximum atomic E-state index is 8.62. The standard InChI is InChI=1S/C11H12N6/c1-17(5-3-12)11-6-10(14-8-15-11)16-9-2-4-13-7-9/h2,4,6-8,13H,5H2,1H3,(H,14,15,16). The third-order valence-electron chi connectivity index (χ3n) is 2.22. The number of hydrogen-bond donors (Lipinski definition) is 2. The number of anilines is 3. The van der Waals surface area contributed by atoms with Crippen molar-refractivity contribution in [1.82, 2.24) is 15.0 Å². The summed E-state index contributed by atoms with van der Waals surface area (Å²) in [5.74, 6) is 1.40. The van der Waals surface area contributed by atoms with Crippen molar-refractivity contribution >= 4 is 17.3 Å². The van der Waals surface area contributed by atoms with Crippen molar-refractivity contribution in [3.63, 3.8) is 0 Å². The lowest BCUT2D eigenvalue weighted by molar-refractivity contribution is 0.981. The molecular formula is C11H12N6. The minimum atomic E-state index is 0.292. The number of nitrogens with one attached hydrogen (secondary N) is 2. The highest BCUT2D eigenvalue weighted by Gasteiger charge is 2.04. The fourth-order valence-electron chi connectivity index (χ4n) is 1.36. The molecule has 17 heavy (non-hydrogen) atoms. The second-order valence-electron chi connectivity index (χ2n) is 3.50. The van der Waals surface area contributed by atoms with Gasteiger partial charge in [0.1, 0.15) is 24.5 Å². The van der Waals surface area contributed by atoms with Crippen LogP contribution in [0.2, 0.25) is 0 Å². The van der Waals surface area contributed by atoms with Crippen molar-refractivity contribution in [2.45, 2.75) is 0 Å². The lowest BCUT2D eigenvalue weighted by Gasteiger charge is -2.14. The van der Waals surface area contributed by atoms with Gasteiger partial charge in [0.2, 0.25) is 0 Å². The summed E-state index contributed by atoms with van der Waals surface area (Å²) in [5, 5.41) is 11.7. The highest BCUT2D eigenvalue weighted by molar-refractivity contribution is 5.58. The van der Waals surface area contributed by atoms with Crippen LogP contribution in [0.5, 0.6) is 0 Å². The number of aromatic amines is 1. The Morgan fingerprint density at radius 1 is 1.53 bits per heavy atom. The predicted octanol–water partition coefficient (Wildman–Crippen LogP) is 1.51. The van der Waals surface area contributed by atoms with Crippen LogP contribution in [0.15, 0.2) is 30.9 Å². The first-order chi connectivity index (χ1) is 8.29. The normalized spacial score (nSPS) is 9.65. The van der Waals surface area contributed by atoms with Gasteiger partial charge in [-0.1, -0.05) is 0 Å². The monoisotopic (exact) mass is 228 g/mol. The van der Waals surface area contributed by atoms with Crippen LogP contribution in [-0.4, -0.2) is 28.5 Å². The van der Waals surface area contributed by atoms with Crippen molar-refractivity contribution in [2.24, 2.45) is 0 Å². The van der Waals surface area contributed by atoms with E-state index in [0.29, 0.717) is 18.2 Å². The molecule has 0 aliphatic carbocycles. The second-order valence-corrected chi connectivity index (χ2v) is 3.50. The maximum absolute atomic E-state index is 8.62. The molecule has 2 aromatic heterocycles. The molecule has 0 bridgehead atoms. The first kappa shape index (κ1) is 11.0. The van der Waals surface area contributed by atoms with Gasteiger partial charge in [0, 0.05) is 25.5 Å². The van der Waals surface area contributed by atoms with Crippen LogP contribution in [0.25, 0.3) is 0 Å². The van der Waals surface area contributed by atoms with E-state index in [-0.39, 0.29) is 0 Å². The highest BCUT2D eigenvalue weighted by atomic mass is 15.2. The van der Waals surface area contributed by atoms with E-state index in [2.05, 4.69) is 26.3 Å². The Labute approximate surface area is 98.9 Å². The van der Waals surface area contributed by atoms with E-state index < -0.39 is 0 Å². The molecule has 0 aromatic carbocycles. The average molecular weight is 228 g/mol. The Morgan fingerprint density at radius 3 is 3.12 bits per heavy atom. The Morgan fingerprint density at radius 2 is 2.41 bits per heavy atom. The fourth-order valence-corrected chi connectivity index (χ4v) is 1.36. The molecule has 2 rings (SSSR count). The molecule has 6 nitrogen and oxygen atoms in total. The lowest BCUT2D eigenvalue weighted by atomic mass is 10.4. The summed E-state index contributed by atoms with van der Waals surface area (Å²) in [6.07, 6.45) is 5.13. The quantitative estimate of drug-likeness (QED) is 0.775. The molecule has 0 fully saturated rings. The number of hydrogen-bond acceptors (Lipinski definition) is 5. The average Bonchev–Trinajstić information content (AvgIpc) is 2.82. The smallest absolute Gasteiger partial charge is 0.135 e. The van der Waals surface area contributed by atoms with Crippen LogP contribution in [0, 0.1) is 11.3 Å². The van der Waals surface area contributed by atoms with Crippen LogP contribution < -0.4 is 10.2 Å². The number of nitrogens with zero attached hydrogens (tertiary/aromatic N) is 4. The molecule has 86 valence electrons. The molecule has 0 atom stereocenters. The Kier molecular flexibility index (Phi) is 3.21. The molecule has 6 heteroatoms. The lowest BCUT2D eigenvalue weighted by Crippen LogP contribution is -2.18. The van der Waals surface area contributed by atoms with Gasteiger partial charge in [-0.2, -0.15) is 5.26 Å². The molecule has 2 heterocycles. The molecule has 2 N–H and O–H groups in total. The molecule has 0 unspecified atom stereocenters. The highest BCUT2D eigenvalue weighted by Crippen LogP contribution is 2.16. The van der Waals surface area contributed by atoms with Gasteiger partial charge in [0.05, 0.1) is 11.8 Å². The molecule has 0 aliphatic rings. The molecule has 0 radical (unpaired) electrons. The summed E-state index contributed by atoms with van der Waals surface area (Å²) in [6.45, 7) is 0.292. The van der Waals surface area contributed by atoms with E-state index in [1.807, 2.05) is 25.5 Å². The zero-order valence-corrected chi connectivity index (χ0v) is 9.38. The molecule has 0 aliphatic heterocycles. The van der Waals surface area contributed by atoms with Gasteiger partial charge < -0.3 is 15.2 Å². The maximum Gasteiger partial charge on any atom is 0.135 e. The second kappa shape index (κ2) is 4.99. The molecule has 0 saturated heterocycles. The van der Waals surface area contributed by atoms with Crippen LogP contribution >= 0.6 is 0 Å². The van der Waals surface area contributed by atoms with E-state index in [1.54, 1.807) is 11.0 Å². The van der Waals surface area contributed by atoms with Gasteiger partial charge in [0.25, 0.3) is 0 Å². The molecule has 0 spiro atoms. The summed E-state index contributed by atoms with van der Waals surface area (Å²) in [7, 11) is 1.81. The predicted molar refractivity (Wildman–Crippen MR) is 65.0 cm³/mol. The Balaban J connectivity index is 2.14. The molecular weight excluding hydrogens is 216 g/mol. The third-order valence-corrected chi connectivity index (χ3v) is 2.22. The van der Waals surface area contributed by atoms with Crippen molar-refractivity contribution in [2.75, 3.05) is 23.8 Å². The molecule has 2 aromatic rings. The van der Waals surface area contributed by atoms with Gasteiger partial charge >= 0.3 is 0 Å². The van der Waals surface area contributed by atoms with E-state index >= 15 is 0 Å². The van der Waals surface area contributed by atoms with E-state index in [4.69, 9.17) is 5.26 Å². The van der Waals surface area contributed by atoms with Crippen molar-refractivity contribution in [1.29, 1.82) is 5.26 Å². The third kappa shape index (κ3) is 2.72. The number of H-pyrrole nitrogens is 1.